The van der Waals surface area contributed by atoms with Crippen molar-refractivity contribution in [3.63, 3.8) is 0 Å². The molecule has 0 aliphatic carbocycles. The second-order valence-corrected chi connectivity index (χ2v) is 6.86. The van der Waals surface area contributed by atoms with Crippen molar-refractivity contribution in [2.45, 2.75) is 20.5 Å². The molecule has 0 bridgehead atoms. The molecular weight excluding hydrogens is 362 g/mol. The van der Waals surface area contributed by atoms with Gasteiger partial charge in [-0.3, -0.25) is 4.79 Å². The first-order chi connectivity index (χ1) is 12.9. The molecule has 2 N–H and O–H groups in total. The number of phenols is 1. The van der Waals surface area contributed by atoms with E-state index in [1.54, 1.807) is 18.2 Å². The van der Waals surface area contributed by atoms with E-state index < -0.39 is 5.91 Å². The Morgan fingerprint density at radius 1 is 1.04 bits per heavy atom. The number of carbonyl (C=O) groups is 1. The van der Waals surface area contributed by atoms with Gasteiger partial charge in [-0.2, -0.15) is 0 Å². The van der Waals surface area contributed by atoms with Gasteiger partial charge in [0.05, 0.1) is 5.56 Å². The Kier molecular flexibility index (Phi) is 5.67. The molecule has 0 fully saturated rings. The average Bonchev–Trinajstić information content (AvgIpc) is 2.61. The molecule has 138 valence electrons. The molecule has 0 saturated heterocycles. The molecule has 0 radical (unpaired) electrons. The van der Waals surface area contributed by atoms with Gasteiger partial charge in [0.1, 0.15) is 18.1 Å². The number of benzene rings is 3. The van der Waals surface area contributed by atoms with Crippen molar-refractivity contribution in [3.05, 3.63) is 87.9 Å². The van der Waals surface area contributed by atoms with E-state index in [0.29, 0.717) is 23.1 Å². The highest BCUT2D eigenvalue weighted by Crippen LogP contribution is 2.24. The number of phenolic OH excluding ortho intramolecular Hbond substituents is 1. The zero-order valence-corrected chi connectivity index (χ0v) is 15.9. The molecule has 1 amide bonds. The van der Waals surface area contributed by atoms with Gasteiger partial charge in [0.2, 0.25) is 0 Å². The lowest BCUT2D eigenvalue weighted by molar-refractivity contribution is 0.102. The number of carbonyl (C=O) groups excluding carboxylic acids is 1. The van der Waals surface area contributed by atoms with Crippen LogP contribution in [0.2, 0.25) is 5.02 Å². The van der Waals surface area contributed by atoms with Crippen LogP contribution in [0, 0.1) is 13.8 Å². The summed E-state index contributed by atoms with van der Waals surface area (Å²) in [7, 11) is 0. The topological polar surface area (TPSA) is 58.6 Å². The van der Waals surface area contributed by atoms with Gasteiger partial charge in [0, 0.05) is 16.8 Å². The van der Waals surface area contributed by atoms with Crippen molar-refractivity contribution < 1.29 is 14.6 Å². The zero-order chi connectivity index (χ0) is 19.4. The summed E-state index contributed by atoms with van der Waals surface area (Å²) in [4.78, 5) is 12.4. The summed E-state index contributed by atoms with van der Waals surface area (Å²) in [6.07, 6.45) is 0. The third-order valence-corrected chi connectivity index (χ3v) is 4.22. The minimum absolute atomic E-state index is 0.115. The number of anilines is 1. The highest BCUT2D eigenvalue weighted by atomic mass is 35.5. The monoisotopic (exact) mass is 381 g/mol. The summed E-state index contributed by atoms with van der Waals surface area (Å²) in [5, 5.41) is 13.0. The fourth-order valence-corrected chi connectivity index (χ4v) is 3.04. The quantitative estimate of drug-likeness (QED) is 0.614. The fourth-order valence-electron chi connectivity index (χ4n) is 2.87. The molecular formula is C22H20ClNO3. The van der Waals surface area contributed by atoms with Gasteiger partial charge in [-0.15, -0.1) is 0 Å². The van der Waals surface area contributed by atoms with Crippen molar-refractivity contribution in [1.82, 2.24) is 0 Å². The summed E-state index contributed by atoms with van der Waals surface area (Å²) >= 11 is 5.90. The van der Waals surface area contributed by atoms with E-state index in [1.165, 1.54) is 29.3 Å². The molecule has 0 aromatic heterocycles. The van der Waals surface area contributed by atoms with Gasteiger partial charge >= 0.3 is 0 Å². The normalized spacial score (nSPS) is 10.5. The maximum absolute atomic E-state index is 12.4. The van der Waals surface area contributed by atoms with Gasteiger partial charge in [0.15, 0.2) is 0 Å². The Bertz CT molecular complexity index is 965. The highest BCUT2D eigenvalue weighted by Gasteiger charge is 2.12. The first-order valence-corrected chi connectivity index (χ1v) is 8.88. The number of hydrogen-bond acceptors (Lipinski definition) is 3. The molecule has 0 saturated carbocycles. The van der Waals surface area contributed by atoms with Crippen LogP contribution in [0.4, 0.5) is 5.69 Å². The predicted octanol–water partition coefficient (Wildman–Crippen LogP) is 5.49. The minimum atomic E-state index is -0.443. The number of halogens is 1. The van der Waals surface area contributed by atoms with E-state index in [0.717, 1.165) is 5.56 Å². The fraction of sp³-hybridized carbons (Fsp3) is 0.136. The molecule has 3 aromatic rings. The lowest BCUT2D eigenvalue weighted by Crippen LogP contribution is -2.12. The molecule has 0 unspecified atom stereocenters. The van der Waals surface area contributed by atoms with Crippen LogP contribution in [0.15, 0.2) is 60.7 Å². The summed E-state index contributed by atoms with van der Waals surface area (Å²) in [6, 6.07) is 17.7. The summed E-state index contributed by atoms with van der Waals surface area (Å²) in [5.74, 6) is 0.0721. The SMILES string of the molecule is Cc1cc(C)cc(COc2cccc(NC(=O)c3cc(Cl)ccc3O)c2)c1. The zero-order valence-electron chi connectivity index (χ0n) is 15.1. The predicted molar refractivity (Wildman–Crippen MR) is 108 cm³/mol. The molecule has 0 atom stereocenters. The molecule has 3 aromatic carbocycles. The lowest BCUT2D eigenvalue weighted by atomic mass is 10.1. The molecule has 0 aliphatic heterocycles. The third kappa shape index (κ3) is 5.02. The average molecular weight is 382 g/mol. The Morgan fingerprint density at radius 2 is 1.78 bits per heavy atom. The summed E-state index contributed by atoms with van der Waals surface area (Å²) < 4.78 is 5.85. The molecule has 0 aliphatic rings. The second-order valence-electron chi connectivity index (χ2n) is 6.43. The lowest BCUT2D eigenvalue weighted by Gasteiger charge is -2.11. The number of rotatable bonds is 5. The molecule has 0 spiro atoms. The van der Waals surface area contributed by atoms with Gasteiger partial charge in [-0.1, -0.05) is 47.0 Å². The van der Waals surface area contributed by atoms with Crippen molar-refractivity contribution in [3.8, 4) is 11.5 Å². The molecule has 0 heterocycles. The van der Waals surface area contributed by atoms with Crippen molar-refractivity contribution in [1.29, 1.82) is 0 Å². The van der Waals surface area contributed by atoms with E-state index in [1.807, 2.05) is 6.07 Å². The minimum Gasteiger partial charge on any atom is -0.507 e. The van der Waals surface area contributed by atoms with Crippen LogP contribution in [-0.2, 0) is 6.61 Å². The molecule has 4 nitrogen and oxygen atoms in total. The standard InChI is InChI=1S/C22H20ClNO3/c1-14-8-15(2)10-16(9-14)13-27-19-5-3-4-18(12-19)24-22(26)20-11-17(23)6-7-21(20)25/h3-12,25H,13H2,1-2H3,(H,24,26). The number of aromatic hydroxyl groups is 1. The second kappa shape index (κ2) is 8.14. The van der Waals surface area contributed by atoms with Crippen molar-refractivity contribution in [2.24, 2.45) is 0 Å². The number of aryl methyl sites for hydroxylation is 2. The summed E-state index contributed by atoms with van der Waals surface area (Å²) in [5.41, 5.74) is 4.15. The van der Waals surface area contributed by atoms with Gasteiger partial charge < -0.3 is 15.2 Å². The number of nitrogens with one attached hydrogen (secondary N) is 1. The Morgan fingerprint density at radius 3 is 2.52 bits per heavy atom. The van der Waals surface area contributed by atoms with Crippen LogP contribution in [0.1, 0.15) is 27.0 Å². The van der Waals surface area contributed by atoms with E-state index in [-0.39, 0.29) is 11.3 Å². The number of ether oxygens (including phenoxy) is 1. The maximum atomic E-state index is 12.4. The van der Waals surface area contributed by atoms with E-state index in [4.69, 9.17) is 16.3 Å². The van der Waals surface area contributed by atoms with Gasteiger partial charge in [0.25, 0.3) is 5.91 Å². The maximum Gasteiger partial charge on any atom is 0.259 e. The third-order valence-electron chi connectivity index (χ3n) is 3.98. The Balaban J connectivity index is 1.70. The van der Waals surface area contributed by atoms with Crippen LogP contribution in [-0.4, -0.2) is 11.0 Å². The van der Waals surface area contributed by atoms with Crippen LogP contribution < -0.4 is 10.1 Å². The first kappa shape index (κ1) is 18.8. The van der Waals surface area contributed by atoms with Crippen LogP contribution in [0.25, 0.3) is 0 Å². The van der Waals surface area contributed by atoms with Gasteiger partial charge in [-0.25, -0.2) is 0 Å². The number of hydrogen-bond donors (Lipinski definition) is 2. The van der Waals surface area contributed by atoms with Crippen LogP contribution in [0.3, 0.4) is 0 Å². The van der Waals surface area contributed by atoms with Crippen LogP contribution >= 0.6 is 11.6 Å². The first-order valence-electron chi connectivity index (χ1n) is 8.50. The highest BCUT2D eigenvalue weighted by molar-refractivity contribution is 6.31. The summed E-state index contributed by atoms with van der Waals surface area (Å²) in [6.45, 7) is 4.55. The number of amides is 1. The van der Waals surface area contributed by atoms with E-state index in [2.05, 4.69) is 37.4 Å². The van der Waals surface area contributed by atoms with Crippen molar-refractivity contribution >= 4 is 23.2 Å². The molecule has 3 rings (SSSR count). The smallest absolute Gasteiger partial charge is 0.259 e. The molecule has 27 heavy (non-hydrogen) atoms. The Hall–Kier alpha value is -2.98. The largest absolute Gasteiger partial charge is 0.507 e. The van der Waals surface area contributed by atoms with Gasteiger partial charge in [-0.05, 0) is 49.7 Å². The van der Waals surface area contributed by atoms with E-state index >= 15 is 0 Å². The van der Waals surface area contributed by atoms with E-state index in [9.17, 15) is 9.90 Å². The van der Waals surface area contributed by atoms with Crippen LogP contribution in [0.5, 0.6) is 11.5 Å². The molecule has 5 heteroatoms. The van der Waals surface area contributed by atoms with Crippen molar-refractivity contribution in [2.75, 3.05) is 5.32 Å². The Labute approximate surface area is 163 Å².